The lowest BCUT2D eigenvalue weighted by molar-refractivity contribution is 0.478. The molecule has 5 nitrogen and oxygen atoms in total. The molecular formula is C48H39N5. The van der Waals surface area contributed by atoms with E-state index in [-0.39, 0.29) is 5.41 Å². The first-order valence-electron chi connectivity index (χ1n) is 18.2. The summed E-state index contributed by atoms with van der Waals surface area (Å²) >= 11 is 0. The fourth-order valence-corrected chi connectivity index (χ4v) is 7.18. The number of nitrogens with zero attached hydrogens (tertiary/aromatic N) is 5. The van der Waals surface area contributed by atoms with E-state index in [0.717, 1.165) is 69.1 Å². The zero-order valence-electron chi connectivity index (χ0n) is 29.9. The fraction of sp³-hybridized carbons (Fsp3) is 0.104. The van der Waals surface area contributed by atoms with Crippen LogP contribution in [0.15, 0.2) is 176 Å². The van der Waals surface area contributed by atoms with E-state index in [1.165, 1.54) is 11.1 Å². The van der Waals surface area contributed by atoms with Crippen LogP contribution in [0.1, 0.15) is 37.8 Å². The molecule has 0 saturated heterocycles. The van der Waals surface area contributed by atoms with Crippen molar-refractivity contribution in [1.29, 1.82) is 0 Å². The average Bonchev–Trinajstić information content (AvgIpc) is 3.26. The highest BCUT2D eigenvalue weighted by molar-refractivity contribution is 5.73. The van der Waals surface area contributed by atoms with Crippen LogP contribution in [0.4, 0.5) is 0 Å². The summed E-state index contributed by atoms with van der Waals surface area (Å²) in [5.74, 6) is 1.39. The van der Waals surface area contributed by atoms with Crippen LogP contribution >= 0.6 is 0 Å². The Balaban J connectivity index is 1.14. The lowest BCUT2D eigenvalue weighted by Crippen LogP contribution is -2.26. The quantitative estimate of drug-likeness (QED) is 0.143. The molecule has 0 bridgehead atoms. The molecule has 0 unspecified atom stereocenters. The van der Waals surface area contributed by atoms with E-state index in [0.29, 0.717) is 11.6 Å². The molecular weight excluding hydrogens is 647 g/mol. The molecule has 0 fully saturated rings. The standard InChI is InChI=1S/C48H39N5/c1-3-48(4-2,39-27-23-37(24-28-39)46-50-42(34-16-8-5-9-17-34)32-43(51-46)35-18-10-6-11-19-35)40-29-25-38(26-30-40)47-52-44(36-20-12-7-13-21-36)33-45(53-47)41-22-14-15-31-49-41/h5-33H,3-4H2,1-2H3. The van der Waals surface area contributed by atoms with Gasteiger partial charge in [-0.05, 0) is 48.2 Å². The molecule has 0 aliphatic heterocycles. The van der Waals surface area contributed by atoms with Crippen LogP contribution in [-0.4, -0.2) is 24.9 Å². The summed E-state index contributed by atoms with van der Waals surface area (Å²) in [5.41, 5.74) is 11.8. The van der Waals surface area contributed by atoms with Gasteiger partial charge in [-0.3, -0.25) is 4.98 Å². The molecule has 0 N–H and O–H groups in total. The normalized spacial score (nSPS) is 11.4. The largest absolute Gasteiger partial charge is 0.255 e. The predicted molar refractivity (Wildman–Crippen MR) is 216 cm³/mol. The van der Waals surface area contributed by atoms with E-state index >= 15 is 0 Å². The maximum absolute atomic E-state index is 5.05. The number of aromatic nitrogens is 5. The Kier molecular flexibility index (Phi) is 9.46. The number of pyridine rings is 1. The minimum atomic E-state index is -0.176. The molecule has 5 heteroatoms. The molecule has 0 spiro atoms. The van der Waals surface area contributed by atoms with Crippen molar-refractivity contribution in [2.75, 3.05) is 0 Å². The average molecular weight is 686 g/mol. The third kappa shape index (κ3) is 6.89. The zero-order chi connectivity index (χ0) is 36.0. The van der Waals surface area contributed by atoms with Gasteiger partial charge in [-0.1, -0.05) is 159 Å². The van der Waals surface area contributed by atoms with Gasteiger partial charge in [0.05, 0.1) is 28.5 Å². The molecule has 8 aromatic rings. The summed E-state index contributed by atoms with van der Waals surface area (Å²) in [6.07, 6.45) is 3.70. The van der Waals surface area contributed by atoms with Crippen molar-refractivity contribution in [3.05, 3.63) is 187 Å². The van der Waals surface area contributed by atoms with Crippen molar-refractivity contribution in [3.63, 3.8) is 0 Å². The lowest BCUT2D eigenvalue weighted by Gasteiger charge is -2.33. The first-order valence-corrected chi connectivity index (χ1v) is 18.2. The Morgan fingerprint density at radius 2 is 0.736 bits per heavy atom. The monoisotopic (exact) mass is 685 g/mol. The van der Waals surface area contributed by atoms with Gasteiger partial charge in [0.15, 0.2) is 11.6 Å². The fourth-order valence-electron chi connectivity index (χ4n) is 7.18. The highest BCUT2D eigenvalue weighted by Crippen LogP contribution is 2.40. The van der Waals surface area contributed by atoms with E-state index in [1.807, 2.05) is 78.9 Å². The minimum Gasteiger partial charge on any atom is -0.255 e. The van der Waals surface area contributed by atoms with Gasteiger partial charge in [0.25, 0.3) is 0 Å². The minimum absolute atomic E-state index is 0.176. The van der Waals surface area contributed by atoms with Gasteiger partial charge in [0.2, 0.25) is 0 Å². The second kappa shape index (κ2) is 14.9. The molecule has 256 valence electrons. The number of hydrogen-bond acceptors (Lipinski definition) is 5. The van der Waals surface area contributed by atoms with Crippen LogP contribution in [0.5, 0.6) is 0 Å². The molecule has 0 aliphatic rings. The van der Waals surface area contributed by atoms with Gasteiger partial charge in [-0.25, -0.2) is 19.9 Å². The summed E-state index contributed by atoms with van der Waals surface area (Å²) in [7, 11) is 0. The topological polar surface area (TPSA) is 64.5 Å². The Morgan fingerprint density at radius 1 is 0.358 bits per heavy atom. The second-order valence-electron chi connectivity index (χ2n) is 13.2. The van der Waals surface area contributed by atoms with Crippen molar-refractivity contribution in [3.8, 4) is 67.9 Å². The summed E-state index contributed by atoms with van der Waals surface area (Å²) in [6.45, 7) is 4.55. The van der Waals surface area contributed by atoms with Gasteiger partial charge in [0, 0.05) is 39.4 Å². The smallest absolute Gasteiger partial charge is 0.160 e. The van der Waals surface area contributed by atoms with Gasteiger partial charge < -0.3 is 0 Å². The van der Waals surface area contributed by atoms with Crippen LogP contribution in [-0.2, 0) is 5.41 Å². The number of hydrogen-bond donors (Lipinski definition) is 0. The molecule has 0 radical (unpaired) electrons. The third-order valence-corrected chi connectivity index (χ3v) is 10.2. The summed E-state index contributed by atoms with van der Waals surface area (Å²) < 4.78 is 0. The molecule has 8 rings (SSSR count). The Bertz CT molecular complexity index is 2140. The van der Waals surface area contributed by atoms with Crippen molar-refractivity contribution < 1.29 is 0 Å². The van der Waals surface area contributed by atoms with Crippen molar-refractivity contribution in [2.45, 2.75) is 32.1 Å². The maximum atomic E-state index is 5.05. The second-order valence-corrected chi connectivity index (χ2v) is 13.2. The predicted octanol–water partition coefficient (Wildman–Crippen LogP) is 11.8. The molecule has 0 atom stereocenters. The highest BCUT2D eigenvalue weighted by atomic mass is 14.9. The molecule has 3 aromatic heterocycles. The first kappa shape index (κ1) is 33.5. The molecule has 3 heterocycles. The van der Waals surface area contributed by atoms with Crippen LogP contribution in [0, 0.1) is 0 Å². The van der Waals surface area contributed by atoms with E-state index in [1.54, 1.807) is 6.20 Å². The molecule has 0 saturated carbocycles. The van der Waals surface area contributed by atoms with Crippen molar-refractivity contribution in [1.82, 2.24) is 24.9 Å². The summed E-state index contributed by atoms with van der Waals surface area (Å²) in [5, 5.41) is 0. The van der Waals surface area contributed by atoms with Crippen LogP contribution < -0.4 is 0 Å². The van der Waals surface area contributed by atoms with Crippen LogP contribution in [0.2, 0.25) is 0 Å². The van der Waals surface area contributed by atoms with E-state index in [2.05, 4.69) is 110 Å². The Labute approximate surface area is 311 Å². The number of benzene rings is 5. The third-order valence-electron chi connectivity index (χ3n) is 10.2. The molecule has 0 aliphatic carbocycles. The van der Waals surface area contributed by atoms with Gasteiger partial charge in [-0.15, -0.1) is 0 Å². The number of rotatable bonds is 10. The van der Waals surface area contributed by atoms with Gasteiger partial charge >= 0.3 is 0 Å². The summed E-state index contributed by atoms with van der Waals surface area (Å²) in [6, 6.07) is 58.5. The van der Waals surface area contributed by atoms with Crippen LogP contribution in [0.3, 0.4) is 0 Å². The van der Waals surface area contributed by atoms with Gasteiger partial charge in [-0.2, -0.15) is 0 Å². The lowest BCUT2D eigenvalue weighted by atomic mass is 9.70. The first-order chi connectivity index (χ1) is 26.1. The van der Waals surface area contributed by atoms with E-state index < -0.39 is 0 Å². The molecule has 0 amide bonds. The Hall–Kier alpha value is -6.59. The zero-order valence-corrected chi connectivity index (χ0v) is 29.9. The van der Waals surface area contributed by atoms with Crippen molar-refractivity contribution >= 4 is 0 Å². The van der Waals surface area contributed by atoms with E-state index in [9.17, 15) is 0 Å². The SMILES string of the molecule is CCC(CC)(c1ccc(-c2nc(-c3ccccc3)cc(-c3ccccc3)n2)cc1)c1ccc(-c2nc(-c3ccccc3)cc(-c3ccccn3)n2)cc1. The molecule has 5 aromatic carbocycles. The summed E-state index contributed by atoms with van der Waals surface area (Å²) in [4.78, 5) is 24.7. The maximum Gasteiger partial charge on any atom is 0.160 e. The van der Waals surface area contributed by atoms with Crippen molar-refractivity contribution in [2.24, 2.45) is 0 Å². The van der Waals surface area contributed by atoms with Gasteiger partial charge in [0.1, 0.15) is 0 Å². The van der Waals surface area contributed by atoms with E-state index in [4.69, 9.17) is 19.9 Å². The molecule has 53 heavy (non-hydrogen) atoms. The highest BCUT2D eigenvalue weighted by Gasteiger charge is 2.31. The Morgan fingerprint density at radius 3 is 1.11 bits per heavy atom. The van der Waals surface area contributed by atoms with Crippen LogP contribution in [0.25, 0.3) is 67.9 Å².